The average molecular weight is 260 g/mol. The molecule has 1 heterocycles. The maximum atomic E-state index is 5.48. The Labute approximate surface area is 113 Å². The Morgan fingerprint density at radius 3 is 2.68 bits per heavy atom. The first-order chi connectivity index (χ1) is 9.19. The molecule has 0 saturated heterocycles. The summed E-state index contributed by atoms with van der Waals surface area (Å²) in [5.41, 5.74) is 7.68. The third-order valence-corrected chi connectivity index (χ3v) is 2.93. The molecule has 2 aromatic rings. The highest BCUT2D eigenvalue weighted by Gasteiger charge is 2.10. The number of nitrogens with two attached hydrogens (primary N) is 1. The van der Waals surface area contributed by atoms with Crippen LogP contribution in [0.15, 0.2) is 28.8 Å². The van der Waals surface area contributed by atoms with Gasteiger partial charge in [0.1, 0.15) is 0 Å². The Hall–Kier alpha value is -1.72. The molecular weight excluding hydrogens is 240 g/mol. The molecule has 2 N–H and O–H groups in total. The van der Waals surface area contributed by atoms with Gasteiger partial charge in [-0.3, -0.25) is 4.90 Å². The molecule has 0 radical (unpaired) electrons. The van der Waals surface area contributed by atoms with Gasteiger partial charge in [0.15, 0.2) is 0 Å². The van der Waals surface area contributed by atoms with E-state index in [1.165, 1.54) is 5.56 Å². The average Bonchev–Trinajstić information content (AvgIpc) is 2.85. The van der Waals surface area contributed by atoms with Crippen LogP contribution >= 0.6 is 0 Å². The van der Waals surface area contributed by atoms with E-state index in [1.54, 1.807) is 0 Å². The summed E-state index contributed by atoms with van der Waals surface area (Å²) in [5.74, 6) is 1.28. The van der Waals surface area contributed by atoms with E-state index in [9.17, 15) is 0 Å². The zero-order valence-electron chi connectivity index (χ0n) is 11.5. The van der Waals surface area contributed by atoms with Gasteiger partial charge in [-0.15, -0.1) is 0 Å². The Morgan fingerprint density at radius 1 is 1.26 bits per heavy atom. The summed E-state index contributed by atoms with van der Waals surface area (Å²) < 4.78 is 5.27. The molecule has 2 rings (SSSR count). The number of aromatic nitrogens is 2. The third-order valence-electron chi connectivity index (χ3n) is 2.93. The number of rotatable bonds is 6. The van der Waals surface area contributed by atoms with Gasteiger partial charge in [0.05, 0.1) is 6.54 Å². The van der Waals surface area contributed by atoms with Crippen LogP contribution in [0.3, 0.4) is 0 Å². The molecule has 0 unspecified atom stereocenters. The van der Waals surface area contributed by atoms with Crippen molar-refractivity contribution in [2.24, 2.45) is 5.73 Å². The van der Waals surface area contributed by atoms with E-state index in [-0.39, 0.29) is 0 Å². The fraction of sp³-hybridized carbons (Fsp3) is 0.429. The summed E-state index contributed by atoms with van der Waals surface area (Å²) in [6.45, 7) is 4.33. The number of aryl methyl sites for hydroxylation is 1. The lowest BCUT2D eigenvalue weighted by Crippen LogP contribution is -2.21. The molecule has 0 atom stereocenters. The van der Waals surface area contributed by atoms with Crippen LogP contribution in [0, 0.1) is 6.92 Å². The van der Waals surface area contributed by atoms with Crippen LogP contribution in [-0.4, -0.2) is 35.2 Å². The molecule has 0 aliphatic carbocycles. The van der Waals surface area contributed by atoms with Crippen molar-refractivity contribution in [3.05, 3.63) is 35.7 Å². The SMILES string of the molecule is Cc1ccc(-c2noc(CN(C)CCCN)n2)cc1. The zero-order valence-corrected chi connectivity index (χ0v) is 11.5. The van der Waals surface area contributed by atoms with Gasteiger partial charge in [0.25, 0.3) is 0 Å². The van der Waals surface area contributed by atoms with Gasteiger partial charge >= 0.3 is 0 Å². The van der Waals surface area contributed by atoms with Gasteiger partial charge in [0, 0.05) is 5.56 Å². The van der Waals surface area contributed by atoms with Crippen molar-refractivity contribution >= 4 is 0 Å². The van der Waals surface area contributed by atoms with Crippen molar-refractivity contribution in [1.29, 1.82) is 0 Å². The summed E-state index contributed by atoms with van der Waals surface area (Å²) >= 11 is 0. The lowest BCUT2D eigenvalue weighted by atomic mass is 10.1. The van der Waals surface area contributed by atoms with Gasteiger partial charge < -0.3 is 10.3 Å². The van der Waals surface area contributed by atoms with Crippen LogP contribution in [0.1, 0.15) is 17.9 Å². The van der Waals surface area contributed by atoms with E-state index in [0.717, 1.165) is 18.5 Å². The topological polar surface area (TPSA) is 68.2 Å². The summed E-state index contributed by atoms with van der Waals surface area (Å²) in [5, 5.41) is 4.01. The van der Waals surface area contributed by atoms with E-state index in [4.69, 9.17) is 10.3 Å². The number of nitrogens with zero attached hydrogens (tertiary/aromatic N) is 3. The smallest absolute Gasteiger partial charge is 0.241 e. The second-order valence-electron chi connectivity index (χ2n) is 4.76. The quantitative estimate of drug-likeness (QED) is 0.858. The molecular formula is C14H20N4O. The van der Waals surface area contributed by atoms with Crippen molar-refractivity contribution < 1.29 is 4.52 Å². The van der Waals surface area contributed by atoms with E-state index in [2.05, 4.69) is 22.0 Å². The van der Waals surface area contributed by atoms with Crippen molar-refractivity contribution in [2.45, 2.75) is 19.9 Å². The summed E-state index contributed by atoms with van der Waals surface area (Å²) in [7, 11) is 2.02. The van der Waals surface area contributed by atoms with Crippen LogP contribution in [0.5, 0.6) is 0 Å². The summed E-state index contributed by atoms with van der Waals surface area (Å²) in [6, 6.07) is 8.09. The Kier molecular flexibility index (Phi) is 4.65. The van der Waals surface area contributed by atoms with Crippen molar-refractivity contribution in [3.8, 4) is 11.4 Å². The highest BCUT2D eigenvalue weighted by molar-refractivity contribution is 5.54. The maximum Gasteiger partial charge on any atom is 0.241 e. The molecule has 0 bridgehead atoms. The molecule has 102 valence electrons. The molecule has 1 aromatic heterocycles. The number of hydrogen-bond acceptors (Lipinski definition) is 5. The fourth-order valence-electron chi connectivity index (χ4n) is 1.81. The molecule has 0 aliphatic rings. The standard InChI is InChI=1S/C14H20N4O/c1-11-4-6-12(7-5-11)14-16-13(19-17-14)10-18(2)9-3-8-15/h4-7H,3,8-10,15H2,1-2H3. The predicted molar refractivity (Wildman–Crippen MR) is 74.5 cm³/mol. The first-order valence-electron chi connectivity index (χ1n) is 6.47. The van der Waals surface area contributed by atoms with Crippen molar-refractivity contribution in [2.75, 3.05) is 20.1 Å². The maximum absolute atomic E-state index is 5.48. The minimum atomic E-state index is 0.634. The molecule has 0 spiro atoms. The van der Waals surface area contributed by atoms with Crippen LogP contribution < -0.4 is 5.73 Å². The van der Waals surface area contributed by atoms with Gasteiger partial charge in [-0.2, -0.15) is 4.98 Å². The lowest BCUT2D eigenvalue weighted by Gasteiger charge is -2.12. The van der Waals surface area contributed by atoms with Crippen LogP contribution in [-0.2, 0) is 6.54 Å². The third kappa shape index (κ3) is 3.87. The van der Waals surface area contributed by atoms with Gasteiger partial charge in [-0.25, -0.2) is 0 Å². The molecule has 0 amide bonds. The van der Waals surface area contributed by atoms with Crippen molar-refractivity contribution in [1.82, 2.24) is 15.0 Å². The van der Waals surface area contributed by atoms with Gasteiger partial charge in [0.2, 0.25) is 11.7 Å². The highest BCUT2D eigenvalue weighted by Crippen LogP contribution is 2.16. The number of hydrogen-bond donors (Lipinski definition) is 1. The molecule has 5 heteroatoms. The molecule has 5 nitrogen and oxygen atoms in total. The second-order valence-corrected chi connectivity index (χ2v) is 4.76. The summed E-state index contributed by atoms with van der Waals surface area (Å²) in [4.78, 5) is 6.53. The van der Waals surface area contributed by atoms with Crippen LogP contribution in [0.2, 0.25) is 0 Å². The first kappa shape index (κ1) is 13.7. The Balaban J connectivity index is 2.00. The Morgan fingerprint density at radius 2 is 2.00 bits per heavy atom. The van der Waals surface area contributed by atoms with E-state index in [1.807, 2.05) is 31.3 Å². The van der Waals surface area contributed by atoms with Crippen LogP contribution in [0.4, 0.5) is 0 Å². The predicted octanol–water partition coefficient (Wildman–Crippen LogP) is 1.83. The lowest BCUT2D eigenvalue weighted by molar-refractivity contribution is 0.265. The number of benzene rings is 1. The molecule has 0 saturated carbocycles. The van der Waals surface area contributed by atoms with E-state index in [0.29, 0.717) is 24.8 Å². The largest absolute Gasteiger partial charge is 0.338 e. The molecule has 0 fully saturated rings. The normalized spacial score (nSPS) is 11.2. The summed E-state index contributed by atoms with van der Waals surface area (Å²) in [6.07, 6.45) is 0.968. The van der Waals surface area contributed by atoms with E-state index >= 15 is 0 Å². The first-order valence-corrected chi connectivity index (χ1v) is 6.47. The van der Waals surface area contributed by atoms with Gasteiger partial charge in [-0.1, -0.05) is 35.0 Å². The fourth-order valence-corrected chi connectivity index (χ4v) is 1.81. The van der Waals surface area contributed by atoms with Crippen molar-refractivity contribution in [3.63, 3.8) is 0 Å². The highest BCUT2D eigenvalue weighted by atomic mass is 16.5. The molecule has 19 heavy (non-hydrogen) atoms. The monoisotopic (exact) mass is 260 g/mol. The molecule has 1 aromatic carbocycles. The minimum absolute atomic E-state index is 0.634. The second kappa shape index (κ2) is 6.45. The minimum Gasteiger partial charge on any atom is -0.338 e. The zero-order chi connectivity index (χ0) is 13.7. The molecule has 0 aliphatic heterocycles. The van der Waals surface area contributed by atoms with Crippen LogP contribution in [0.25, 0.3) is 11.4 Å². The van der Waals surface area contributed by atoms with Gasteiger partial charge in [-0.05, 0) is 33.5 Å². The Bertz CT molecular complexity index is 506. The van der Waals surface area contributed by atoms with E-state index < -0.39 is 0 Å².